The first kappa shape index (κ1) is 20.3. The molecule has 0 aromatic carbocycles. The van der Waals surface area contributed by atoms with Gasteiger partial charge in [-0.3, -0.25) is 18.9 Å². The highest BCUT2D eigenvalue weighted by Crippen LogP contribution is 2.32. The normalized spacial score (nSPS) is 20.6. The zero-order valence-electron chi connectivity index (χ0n) is 18.9. The zero-order valence-corrected chi connectivity index (χ0v) is 18.9. The molecule has 0 saturated carbocycles. The predicted molar refractivity (Wildman–Crippen MR) is 125 cm³/mol. The third-order valence-electron chi connectivity index (χ3n) is 6.27. The molecule has 2 aliphatic heterocycles. The molecule has 0 aliphatic carbocycles. The Hall–Kier alpha value is -4.34. The molecule has 34 heavy (non-hydrogen) atoms. The van der Waals surface area contributed by atoms with Crippen molar-refractivity contribution < 1.29 is 9.32 Å². The quantitative estimate of drug-likeness (QED) is 0.469. The van der Waals surface area contributed by atoms with Gasteiger partial charge in [0, 0.05) is 49.0 Å². The summed E-state index contributed by atoms with van der Waals surface area (Å²) in [6, 6.07) is 5.11. The van der Waals surface area contributed by atoms with Crippen LogP contribution in [0.25, 0.3) is 22.5 Å². The third kappa shape index (κ3) is 3.26. The molecule has 0 spiro atoms. The number of carbonyl (C=O) groups excluding carboxylic acids is 1. The van der Waals surface area contributed by atoms with Gasteiger partial charge in [0.25, 0.3) is 0 Å². The Morgan fingerprint density at radius 2 is 2.03 bits per heavy atom. The van der Waals surface area contributed by atoms with Crippen molar-refractivity contribution in [2.24, 2.45) is 18.0 Å². The van der Waals surface area contributed by atoms with Crippen molar-refractivity contribution in [3.05, 3.63) is 72.2 Å². The van der Waals surface area contributed by atoms with Crippen LogP contribution in [-0.2, 0) is 11.8 Å². The van der Waals surface area contributed by atoms with E-state index < -0.39 is 0 Å². The molecule has 170 valence electrons. The first-order valence-electron chi connectivity index (χ1n) is 11.0. The van der Waals surface area contributed by atoms with Gasteiger partial charge in [-0.1, -0.05) is 11.2 Å². The number of amides is 1. The summed E-state index contributed by atoms with van der Waals surface area (Å²) in [6.07, 6.45) is 13.2. The summed E-state index contributed by atoms with van der Waals surface area (Å²) in [5.74, 6) is 0.897. The van der Waals surface area contributed by atoms with Gasteiger partial charge < -0.3 is 9.42 Å². The van der Waals surface area contributed by atoms with Crippen LogP contribution in [0.5, 0.6) is 0 Å². The molecule has 0 N–H and O–H groups in total. The first-order chi connectivity index (χ1) is 16.5. The summed E-state index contributed by atoms with van der Waals surface area (Å²) >= 11 is 0. The van der Waals surface area contributed by atoms with Gasteiger partial charge >= 0.3 is 0 Å². The maximum Gasteiger partial charge on any atom is 0.236 e. The van der Waals surface area contributed by atoms with Gasteiger partial charge in [0.2, 0.25) is 5.91 Å². The van der Waals surface area contributed by atoms with Crippen molar-refractivity contribution >= 4 is 23.3 Å². The van der Waals surface area contributed by atoms with Crippen LogP contribution in [0.4, 0.5) is 0 Å². The second kappa shape index (κ2) is 7.62. The largest absolute Gasteiger partial charge is 0.356 e. The molecule has 0 bridgehead atoms. The number of allylic oxidation sites excluding steroid dienone is 1. The Balaban J connectivity index is 1.33. The number of hydrogen-bond acceptors (Lipinski definition) is 7. The highest BCUT2D eigenvalue weighted by atomic mass is 16.5. The summed E-state index contributed by atoms with van der Waals surface area (Å²) in [6.45, 7) is 3.82. The maximum atomic E-state index is 13.6. The highest BCUT2D eigenvalue weighted by molar-refractivity contribution is 6.11. The number of aryl methyl sites for hydroxylation is 2. The van der Waals surface area contributed by atoms with E-state index in [1.54, 1.807) is 22.0 Å². The second-order valence-electron chi connectivity index (χ2n) is 8.62. The number of dihydropyridines is 1. The lowest BCUT2D eigenvalue weighted by molar-refractivity contribution is -0.134. The standard InChI is InChI=1S/C24H22N8O2/c1-14-8-21(34-29-14)16-4-5-22-27-28-23(32(22)13-16)15(2)31-7-6-20-19(24(31)33)9-17(10-25-20)18-11-26-30(3)12-18/h4-13,15,19-20H,1-3H3/t15-,19?,20?/m0/s1. The Bertz CT molecular complexity index is 1500. The van der Waals surface area contributed by atoms with E-state index in [0.29, 0.717) is 17.2 Å². The monoisotopic (exact) mass is 454 g/mol. The maximum absolute atomic E-state index is 13.6. The fraction of sp³-hybridized carbons (Fsp3) is 0.250. The van der Waals surface area contributed by atoms with E-state index in [4.69, 9.17) is 4.52 Å². The molecule has 10 heteroatoms. The number of nitrogens with zero attached hydrogens (tertiary/aromatic N) is 8. The summed E-state index contributed by atoms with van der Waals surface area (Å²) < 4.78 is 9.03. The second-order valence-corrected chi connectivity index (χ2v) is 8.62. The van der Waals surface area contributed by atoms with Gasteiger partial charge in [0.15, 0.2) is 17.2 Å². The molecule has 2 aliphatic rings. The van der Waals surface area contributed by atoms with Gasteiger partial charge in [0.1, 0.15) is 0 Å². The smallest absolute Gasteiger partial charge is 0.236 e. The molecule has 0 radical (unpaired) electrons. The highest BCUT2D eigenvalue weighted by Gasteiger charge is 2.37. The van der Waals surface area contributed by atoms with Gasteiger partial charge in [-0.2, -0.15) is 5.10 Å². The predicted octanol–water partition coefficient (Wildman–Crippen LogP) is 3.00. The van der Waals surface area contributed by atoms with Crippen LogP contribution in [0.15, 0.2) is 64.7 Å². The van der Waals surface area contributed by atoms with Crippen molar-refractivity contribution in [3.8, 4) is 11.3 Å². The van der Waals surface area contributed by atoms with Gasteiger partial charge in [0.05, 0.1) is 29.9 Å². The average molecular weight is 454 g/mol. The molecule has 3 atom stereocenters. The van der Waals surface area contributed by atoms with Gasteiger partial charge in [-0.15, -0.1) is 10.2 Å². The van der Waals surface area contributed by atoms with Crippen LogP contribution in [0.3, 0.4) is 0 Å². The van der Waals surface area contributed by atoms with Crippen LogP contribution in [0.2, 0.25) is 0 Å². The summed E-state index contributed by atoms with van der Waals surface area (Å²) in [5.41, 5.74) is 4.18. The minimum Gasteiger partial charge on any atom is -0.356 e. The molecule has 4 aromatic heterocycles. The molecule has 0 fully saturated rings. The molecule has 2 unspecified atom stereocenters. The number of carbonyl (C=O) groups is 1. The Labute approximate surface area is 194 Å². The molecule has 10 nitrogen and oxygen atoms in total. The number of hydrogen-bond donors (Lipinski definition) is 0. The molecule has 6 rings (SSSR count). The van der Waals surface area contributed by atoms with Crippen molar-refractivity contribution in [1.29, 1.82) is 0 Å². The van der Waals surface area contributed by atoms with Crippen molar-refractivity contribution in [3.63, 3.8) is 0 Å². The summed E-state index contributed by atoms with van der Waals surface area (Å²) in [7, 11) is 1.86. The topological polar surface area (TPSA) is 107 Å². The Morgan fingerprint density at radius 1 is 1.15 bits per heavy atom. The minimum absolute atomic E-state index is 0.0306. The minimum atomic E-state index is -0.389. The molecular formula is C24H22N8O2. The number of pyridine rings is 1. The zero-order chi connectivity index (χ0) is 23.4. The van der Waals surface area contributed by atoms with E-state index in [-0.39, 0.29) is 23.9 Å². The van der Waals surface area contributed by atoms with Crippen LogP contribution in [-0.4, -0.2) is 52.6 Å². The third-order valence-corrected chi connectivity index (χ3v) is 6.27. The molecule has 6 heterocycles. The number of aromatic nitrogens is 6. The lowest BCUT2D eigenvalue weighted by atomic mass is 9.89. The van der Waals surface area contributed by atoms with Crippen molar-refractivity contribution in [1.82, 2.24) is 34.4 Å². The van der Waals surface area contributed by atoms with E-state index in [2.05, 4.69) is 25.4 Å². The van der Waals surface area contributed by atoms with E-state index >= 15 is 0 Å². The summed E-state index contributed by atoms with van der Waals surface area (Å²) in [4.78, 5) is 19.9. The Morgan fingerprint density at radius 3 is 2.79 bits per heavy atom. The SMILES string of the molecule is Cc1cc(-c2ccc3nnc([C@H](C)N4C=CC5N=CC(c6cnn(C)c6)=CC5C4=O)n3c2)on1. The van der Waals surface area contributed by atoms with Crippen LogP contribution in [0, 0.1) is 12.8 Å². The molecule has 1 amide bonds. The van der Waals surface area contributed by atoms with Crippen molar-refractivity contribution in [2.45, 2.75) is 25.9 Å². The molecular weight excluding hydrogens is 432 g/mol. The van der Waals surface area contributed by atoms with E-state index in [0.717, 1.165) is 22.4 Å². The van der Waals surface area contributed by atoms with E-state index in [9.17, 15) is 4.79 Å². The van der Waals surface area contributed by atoms with Crippen molar-refractivity contribution in [2.75, 3.05) is 0 Å². The van der Waals surface area contributed by atoms with Crippen LogP contribution in [0.1, 0.15) is 30.0 Å². The average Bonchev–Trinajstić information content (AvgIpc) is 3.58. The number of fused-ring (bicyclic) bond motifs is 2. The lowest BCUT2D eigenvalue weighted by Crippen LogP contribution is -2.42. The number of aliphatic imine (C=N–C) groups is 1. The fourth-order valence-corrected chi connectivity index (χ4v) is 4.43. The Kier molecular flexibility index (Phi) is 4.54. The van der Waals surface area contributed by atoms with Gasteiger partial charge in [-0.25, -0.2) is 0 Å². The molecule has 4 aromatic rings. The molecule has 0 saturated heterocycles. The van der Waals surface area contributed by atoms with Gasteiger partial charge in [-0.05, 0) is 37.6 Å². The van der Waals surface area contributed by atoms with E-state index in [1.165, 1.54) is 0 Å². The van der Waals surface area contributed by atoms with Crippen LogP contribution < -0.4 is 0 Å². The van der Waals surface area contributed by atoms with Crippen LogP contribution >= 0.6 is 0 Å². The fourth-order valence-electron chi connectivity index (χ4n) is 4.43. The first-order valence-corrected chi connectivity index (χ1v) is 11.0. The lowest BCUT2D eigenvalue weighted by Gasteiger charge is -2.34. The number of rotatable bonds is 4. The van der Waals surface area contributed by atoms with E-state index in [1.807, 2.05) is 74.3 Å². The summed E-state index contributed by atoms with van der Waals surface area (Å²) in [5, 5.41) is 16.9.